The lowest BCUT2D eigenvalue weighted by Gasteiger charge is -2.21. The number of nitriles is 1. The van der Waals surface area contributed by atoms with E-state index in [0.717, 1.165) is 55.5 Å². The maximum absolute atomic E-state index is 13.1. The molecule has 3 aromatic rings. The second-order valence-electron chi connectivity index (χ2n) is 9.49. The van der Waals surface area contributed by atoms with Crippen LogP contribution >= 0.6 is 0 Å². The molecule has 8 nitrogen and oxygen atoms in total. The number of aromatic nitrogens is 3. The topological polar surface area (TPSA) is 107 Å². The van der Waals surface area contributed by atoms with E-state index in [1.165, 1.54) is 12.8 Å². The van der Waals surface area contributed by atoms with E-state index in [2.05, 4.69) is 16.4 Å². The van der Waals surface area contributed by atoms with Gasteiger partial charge in [0.25, 0.3) is 11.5 Å². The van der Waals surface area contributed by atoms with E-state index in [9.17, 15) is 14.9 Å². The van der Waals surface area contributed by atoms with Crippen LogP contribution in [-0.2, 0) is 0 Å². The molecule has 0 radical (unpaired) electrons. The van der Waals surface area contributed by atoms with Gasteiger partial charge in [0.05, 0.1) is 24.0 Å². The maximum Gasteiger partial charge on any atom is 0.261 e. The molecule has 2 N–H and O–H groups in total. The number of hydrogen-bond acceptors (Lipinski definition) is 5. The van der Waals surface area contributed by atoms with Crippen molar-refractivity contribution in [1.29, 1.82) is 5.26 Å². The van der Waals surface area contributed by atoms with Crippen molar-refractivity contribution in [3.05, 3.63) is 51.9 Å². The maximum atomic E-state index is 13.1. The van der Waals surface area contributed by atoms with Gasteiger partial charge in [-0.05, 0) is 68.4 Å². The summed E-state index contributed by atoms with van der Waals surface area (Å²) in [6, 6.07) is 9.74. The van der Waals surface area contributed by atoms with Gasteiger partial charge < -0.3 is 15.2 Å². The Morgan fingerprint density at radius 1 is 1.24 bits per heavy atom. The van der Waals surface area contributed by atoms with Gasteiger partial charge in [-0.2, -0.15) is 10.4 Å². The highest BCUT2D eigenvalue weighted by Crippen LogP contribution is 2.43. The molecule has 34 heavy (non-hydrogen) atoms. The van der Waals surface area contributed by atoms with Crippen molar-refractivity contribution in [3.8, 4) is 6.07 Å². The number of benzene rings is 1. The molecule has 8 heteroatoms. The van der Waals surface area contributed by atoms with E-state index in [0.29, 0.717) is 29.1 Å². The number of carbonyl (C=O) groups excluding carboxylic acids is 1. The van der Waals surface area contributed by atoms with Crippen molar-refractivity contribution in [2.24, 2.45) is 5.92 Å². The van der Waals surface area contributed by atoms with E-state index < -0.39 is 0 Å². The molecule has 2 aromatic heterocycles. The van der Waals surface area contributed by atoms with Crippen molar-refractivity contribution in [1.82, 2.24) is 19.7 Å². The fourth-order valence-electron chi connectivity index (χ4n) is 5.03. The molecular formula is C26H30N6O2. The summed E-state index contributed by atoms with van der Waals surface area (Å²) < 4.78 is 1.85. The number of carbonyl (C=O) groups is 1. The van der Waals surface area contributed by atoms with Crippen LogP contribution in [0.25, 0.3) is 10.9 Å². The minimum Gasteiger partial charge on any atom is -0.339 e. The van der Waals surface area contributed by atoms with Crippen LogP contribution < -0.4 is 10.9 Å². The van der Waals surface area contributed by atoms with Gasteiger partial charge in [-0.15, -0.1) is 0 Å². The first kappa shape index (κ1) is 22.2. The number of anilines is 2. The van der Waals surface area contributed by atoms with Crippen LogP contribution in [0.15, 0.2) is 35.3 Å². The first-order valence-electron chi connectivity index (χ1n) is 12.2. The summed E-state index contributed by atoms with van der Waals surface area (Å²) in [6.45, 7) is 3.57. The van der Waals surface area contributed by atoms with Crippen molar-refractivity contribution < 1.29 is 4.79 Å². The van der Waals surface area contributed by atoms with Gasteiger partial charge in [0.1, 0.15) is 5.39 Å². The van der Waals surface area contributed by atoms with E-state index in [1.807, 2.05) is 40.8 Å². The zero-order chi connectivity index (χ0) is 23.7. The van der Waals surface area contributed by atoms with Crippen LogP contribution in [0.4, 0.5) is 11.5 Å². The largest absolute Gasteiger partial charge is 0.339 e. The second kappa shape index (κ2) is 9.34. The predicted octanol–water partition coefficient (Wildman–Crippen LogP) is 4.66. The van der Waals surface area contributed by atoms with Crippen LogP contribution in [0.1, 0.15) is 66.9 Å². The Morgan fingerprint density at radius 2 is 2.00 bits per heavy atom. The number of pyridine rings is 1. The molecular weight excluding hydrogens is 428 g/mol. The van der Waals surface area contributed by atoms with Gasteiger partial charge in [0, 0.05) is 30.5 Å². The molecule has 5 rings (SSSR count). The normalized spacial score (nSPS) is 17.2. The van der Waals surface area contributed by atoms with E-state index in [1.54, 1.807) is 6.20 Å². The molecule has 1 saturated heterocycles. The molecule has 1 aliphatic carbocycles. The lowest BCUT2D eigenvalue weighted by molar-refractivity contribution is 0.0761. The molecule has 1 atom stereocenters. The fourth-order valence-corrected chi connectivity index (χ4v) is 5.03. The molecule has 1 saturated carbocycles. The van der Waals surface area contributed by atoms with E-state index >= 15 is 0 Å². The molecule has 0 unspecified atom stereocenters. The average Bonchev–Trinajstić information content (AvgIpc) is 3.64. The number of fused-ring (bicyclic) bond motifs is 1. The third-order valence-corrected chi connectivity index (χ3v) is 7.02. The Morgan fingerprint density at radius 3 is 2.68 bits per heavy atom. The van der Waals surface area contributed by atoms with Crippen LogP contribution in [0.5, 0.6) is 0 Å². The van der Waals surface area contributed by atoms with Crippen LogP contribution in [0.2, 0.25) is 0 Å². The molecule has 3 heterocycles. The monoisotopic (exact) mass is 458 g/mol. The highest BCUT2D eigenvalue weighted by atomic mass is 16.2. The quantitative estimate of drug-likeness (QED) is 0.559. The van der Waals surface area contributed by atoms with Crippen molar-refractivity contribution in [3.63, 3.8) is 0 Å². The van der Waals surface area contributed by atoms with Gasteiger partial charge >= 0.3 is 0 Å². The van der Waals surface area contributed by atoms with Gasteiger partial charge in [-0.1, -0.05) is 12.8 Å². The highest BCUT2D eigenvalue weighted by molar-refractivity contribution is 5.96. The number of likely N-dealkylation sites (tertiary alicyclic amines) is 1. The number of nitrogens with zero attached hydrogens (tertiary/aromatic N) is 4. The number of nitrogens with one attached hydrogen (secondary N) is 2. The Balaban J connectivity index is 1.45. The molecule has 2 aliphatic rings. The van der Waals surface area contributed by atoms with Crippen molar-refractivity contribution >= 4 is 28.3 Å². The third-order valence-electron chi connectivity index (χ3n) is 7.02. The summed E-state index contributed by atoms with van der Waals surface area (Å²) >= 11 is 0. The summed E-state index contributed by atoms with van der Waals surface area (Å²) in [5.74, 6) is 0.966. The third kappa shape index (κ3) is 4.30. The summed E-state index contributed by atoms with van der Waals surface area (Å²) in [6.07, 6.45) is 8.61. The molecule has 1 aromatic carbocycles. The number of H-pyrrole nitrogens is 1. The van der Waals surface area contributed by atoms with Gasteiger partial charge in [-0.25, -0.2) is 0 Å². The molecule has 0 bridgehead atoms. The highest BCUT2D eigenvalue weighted by Gasteiger charge is 2.34. The van der Waals surface area contributed by atoms with Crippen molar-refractivity contribution in [2.75, 3.05) is 18.4 Å². The minimum atomic E-state index is -0.220. The Hall–Kier alpha value is -3.60. The molecule has 1 aliphatic heterocycles. The lowest BCUT2D eigenvalue weighted by Crippen LogP contribution is -2.32. The Kier molecular flexibility index (Phi) is 6.10. The fraction of sp³-hybridized carbons (Fsp3) is 0.462. The number of amides is 1. The number of rotatable bonds is 6. The van der Waals surface area contributed by atoms with Crippen LogP contribution in [-0.4, -0.2) is 38.7 Å². The summed E-state index contributed by atoms with van der Waals surface area (Å²) in [5.41, 5.74) is 2.87. The summed E-state index contributed by atoms with van der Waals surface area (Å²) in [7, 11) is 0. The Labute approximate surface area is 198 Å². The lowest BCUT2D eigenvalue weighted by atomic mass is 10.1. The smallest absolute Gasteiger partial charge is 0.261 e. The molecule has 0 spiro atoms. The zero-order valence-electron chi connectivity index (χ0n) is 19.5. The van der Waals surface area contributed by atoms with Gasteiger partial charge in [0.2, 0.25) is 0 Å². The first-order valence-corrected chi connectivity index (χ1v) is 12.2. The standard InChI is InChI=1S/C26H30N6O2/c1-17-16-19(8-9-20(17)26(34)31-14-4-2-3-5-15-31)29-24-23-22(11-13-28-25(23)33)32(30-24)21(10-12-27)18-6-7-18/h8-9,11,13,16,18,21H,2-7,10,14-15H2,1H3,(H,28,33)(H,29,30)/t21-/m0/s1. The van der Waals surface area contributed by atoms with E-state index in [4.69, 9.17) is 5.10 Å². The van der Waals surface area contributed by atoms with Crippen LogP contribution in [0.3, 0.4) is 0 Å². The van der Waals surface area contributed by atoms with Gasteiger partial charge in [0.15, 0.2) is 5.82 Å². The Bertz CT molecular complexity index is 1310. The molecule has 176 valence electrons. The van der Waals surface area contributed by atoms with Crippen molar-refractivity contribution in [2.45, 2.75) is 57.9 Å². The number of aromatic amines is 1. The molecule has 1 amide bonds. The SMILES string of the molecule is Cc1cc(Nc2nn([C@@H](CC#N)C3CC3)c3cc[nH]c(=O)c23)ccc1C(=O)N1CCCCCC1. The summed E-state index contributed by atoms with van der Waals surface area (Å²) in [5, 5.41) is 17.9. The van der Waals surface area contributed by atoms with Crippen LogP contribution in [0, 0.1) is 24.2 Å². The summed E-state index contributed by atoms with van der Waals surface area (Å²) in [4.78, 5) is 30.5. The number of hydrogen-bond donors (Lipinski definition) is 2. The van der Waals surface area contributed by atoms with E-state index in [-0.39, 0.29) is 17.5 Å². The average molecular weight is 459 g/mol. The minimum absolute atomic E-state index is 0.0415. The molecule has 2 fully saturated rings. The van der Waals surface area contributed by atoms with Gasteiger partial charge in [-0.3, -0.25) is 14.3 Å². The second-order valence-corrected chi connectivity index (χ2v) is 9.49. The first-order chi connectivity index (χ1) is 16.6. The predicted molar refractivity (Wildman–Crippen MR) is 131 cm³/mol. The number of aryl methyl sites for hydroxylation is 1. The zero-order valence-corrected chi connectivity index (χ0v) is 19.5.